The number of fused-ring (bicyclic) bond motifs is 6. The molecule has 3 heterocycles. The van der Waals surface area contributed by atoms with Crippen LogP contribution in [-0.2, 0) is 0 Å². The van der Waals surface area contributed by atoms with Gasteiger partial charge in [0.05, 0.1) is 34.0 Å². The standard InChI is InChI=1S/C33H19N5/c1-2-8-20(9-3-1)21-10-4-5-11-22(21)24-14-16-27-31(30(24)29-18-19-34-38-37-29)32-28(35-27)17-15-25-23-12-6-7-13-26(23)36-33(25)32/h1-19H. The third-order valence-electron chi connectivity index (χ3n) is 7.32. The molecule has 8 rings (SSSR count). The highest BCUT2D eigenvalue weighted by atomic mass is 15.3. The molecule has 0 saturated heterocycles. The molecule has 38 heavy (non-hydrogen) atoms. The van der Waals surface area contributed by atoms with Crippen LogP contribution in [0.1, 0.15) is 0 Å². The number of aromatic nitrogens is 3. The maximum Gasteiger partial charge on any atom is 0.0976 e. The van der Waals surface area contributed by atoms with E-state index in [0.717, 1.165) is 77.2 Å². The second-order valence-electron chi connectivity index (χ2n) is 9.40. The number of para-hydroxylation sites is 1. The Labute approximate surface area is 217 Å². The third-order valence-corrected chi connectivity index (χ3v) is 7.32. The Bertz CT molecular complexity index is 2120. The predicted molar refractivity (Wildman–Crippen MR) is 147 cm³/mol. The first-order valence-electron chi connectivity index (χ1n) is 12.5. The van der Waals surface area contributed by atoms with Gasteiger partial charge in [-0.3, -0.25) is 0 Å². The van der Waals surface area contributed by atoms with Crippen LogP contribution in [0.3, 0.4) is 0 Å². The van der Waals surface area contributed by atoms with Crippen LogP contribution in [0.5, 0.6) is 0 Å². The summed E-state index contributed by atoms with van der Waals surface area (Å²) < 4.78 is 0. The fraction of sp³-hybridized carbons (Fsp3) is 0. The molecular formula is C33H19N5. The Morgan fingerprint density at radius 3 is 2.16 bits per heavy atom. The maximum atomic E-state index is 5.08. The summed E-state index contributed by atoms with van der Waals surface area (Å²) in [5.74, 6) is 0. The molecule has 0 N–H and O–H groups in total. The minimum absolute atomic E-state index is 0.755. The summed E-state index contributed by atoms with van der Waals surface area (Å²) in [6.45, 7) is 0. The molecule has 0 fully saturated rings. The van der Waals surface area contributed by atoms with E-state index in [1.54, 1.807) is 6.20 Å². The van der Waals surface area contributed by atoms with Gasteiger partial charge in [-0.15, -0.1) is 10.2 Å². The fourth-order valence-electron chi connectivity index (χ4n) is 5.69. The molecule has 6 aromatic rings. The van der Waals surface area contributed by atoms with Gasteiger partial charge in [0.2, 0.25) is 0 Å². The van der Waals surface area contributed by atoms with Gasteiger partial charge in [0.25, 0.3) is 0 Å². The lowest BCUT2D eigenvalue weighted by molar-refractivity contribution is 0.871. The Morgan fingerprint density at radius 2 is 1.29 bits per heavy atom. The number of hydrogen-bond acceptors (Lipinski definition) is 5. The van der Waals surface area contributed by atoms with E-state index < -0.39 is 0 Å². The van der Waals surface area contributed by atoms with Gasteiger partial charge in [0.1, 0.15) is 0 Å². The van der Waals surface area contributed by atoms with E-state index in [1.807, 2.05) is 18.2 Å². The Balaban J connectivity index is 1.49. The molecule has 2 aliphatic heterocycles. The molecule has 1 aromatic heterocycles. The quantitative estimate of drug-likeness (QED) is 0.293. The van der Waals surface area contributed by atoms with Gasteiger partial charge >= 0.3 is 0 Å². The van der Waals surface area contributed by atoms with Gasteiger partial charge in [-0.05, 0) is 57.8 Å². The highest BCUT2D eigenvalue weighted by Crippen LogP contribution is 2.49. The first-order valence-corrected chi connectivity index (χ1v) is 12.5. The largest absolute Gasteiger partial charge is 0.248 e. The van der Waals surface area contributed by atoms with Crippen molar-refractivity contribution in [2.24, 2.45) is 9.98 Å². The van der Waals surface area contributed by atoms with Crippen LogP contribution < -0.4 is 10.7 Å². The first-order chi connectivity index (χ1) is 18.9. The molecule has 5 nitrogen and oxygen atoms in total. The van der Waals surface area contributed by atoms with Crippen LogP contribution in [0.4, 0.5) is 11.4 Å². The monoisotopic (exact) mass is 485 g/mol. The van der Waals surface area contributed by atoms with E-state index in [0.29, 0.717) is 0 Å². The summed E-state index contributed by atoms with van der Waals surface area (Å²) in [6.07, 6.45) is 1.69. The highest BCUT2D eigenvalue weighted by Gasteiger charge is 2.27. The van der Waals surface area contributed by atoms with E-state index in [-0.39, 0.29) is 0 Å². The van der Waals surface area contributed by atoms with E-state index in [1.165, 1.54) is 0 Å². The SMILES string of the molecule is c1ccc(-c2ccccc2-c2ccc3c(c2-c2ccnnn2)-c2c4c(ccc2=N3)=c2ccccc2=N4)cc1. The molecular weight excluding hydrogens is 466 g/mol. The van der Waals surface area contributed by atoms with Crippen LogP contribution in [0.25, 0.3) is 44.6 Å². The Morgan fingerprint density at radius 1 is 0.474 bits per heavy atom. The normalized spacial score (nSPS) is 12.1. The van der Waals surface area contributed by atoms with Gasteiger partial charge in [0, 0.05) is 27.1 Å². The zero-order chi connectivity index (χ0) is 25.1. The summed E-state index contributed by atoms with van der Waals surface area (Å²) in [6, 6.07) is 37.7. The number of hydrogen-bond donors (Lipinski definition) is 0. The van der Waals surface area contributed by atoms with Crippen molar-refractivity contribution in [3.63, 3.8) is 0 Å². The minimum Gasteiger partial charge on any atom is -0.248 e. The number of benzene rings is 5. The fourth-order valence-corrected chi connectivity index (χ4v) is 5.69. The van der Waals surface area contributed by atoms with Crippen molar-refractivity contribution in [3.8, 4) is 44.6 Å². The number of nitrogens with zero attached hydrogens (tertiary/aromatic N) is 5. The van der Waals surface area contributed by atoms with Crippen LogP contribution in [0, 0.1) is 10.4 Å². The molecule has 0 radical (unpaired) electrons. The third kappa shape index (κ3) is 3.02. The maximum absolute atomic E-state index is 5.08. The van der Waals surface area contributed by atoms with Gasteiger partial charge in [0.15, 0.2) is 0 Å². The lowest BCUT2D eigenvalue weighted by atomic mass is 9.86. The Kier molecular flexibility index (Phi) is 4.45. The molecule has 0 aliphatic carbocycles. The van der Waals surface area contributed by atoms with E-state index in [9.17, 15) is 0 Å². The molecule has 2 aliphatic rings. The predicted octanol–water partition coefficient (Wildman–Crippen LogP) is 6.36. The Hall–Kier alpha value is -5.29. The molecule has 0 bridgehead atoms. The van der Waals surface area contributed by atoms with Gasteiger partial charge in [-0.1, -0.05) is 78.9 Å². The smallest absolute Gasteiger partial charge is 0.0976 e. The molecule has 0 atom stereocenters. The lowest BCUT2D eigenvalue weighted by Gasteiger charge is -2.18. The van der Waals surface area contributed by atoms with Gasteiger partial charge in [-0.25, -0.2) is 9.98 Å². The van der Waals surface area contributed by atoms with Crippen molar-refractivity contribution >= 4 is 11.4 Å². The van der Waals surface area contributed by atoms with Crippen molar-refractivity contribution in [3.05, 3.63) is 137 Å². The van der Waals surface area contributed by atoms with Crippen molar-refractivity contribution in [2.45, 2.75) is 0 Å². The molecule has 5 heteroatoms. The van der Waals surface area contributed by atoms with E-state index in [2.05, 4.69) is 106 Å². The summed E-state index contributed by atoms with van der Waals surface area (Å²) in [4.78, 5) is 10.1. The minimum atomic E-state index is 0.755. The van der Waals surface area contributed by atoms with Gasteiger partial charge in [-0.2, -0.15) is 0 Å². The molecule has 0 spiro atoms. The van der Waals surface area contributed by atoms with E-state index >= 15 is 0 Å². The van der Waals surface area contributed by atoms with Crippen molar-refractivity contribution < 1.29 is 0 Å². The van der Waals surface area contributed by atoms with Crippen molar-refractivity contribution in [1.82, 2.24) is 15.4 Å². The summed E-state index contributed by atoms with van der Waals surface area (Å²) in [5.41, 5.74) is 10.2. The zero-order valence-electron chi connectivity index (χ0n) is 20.2. The number of rotatable bonds is 3. The van der Waals surface area contributed by atoms with Crippen LogP contribution >= 0.6 is 0 Å². The van der Waals surface area contributed by atoms with Crippen molar-refractivity contribution in [1.29, 1.82) is 0 Å². The second-order valence-corrected chi connectivity index (χ2v) is 9.40. The molecule has 0 amide bonds. The van der Waals surface area contributed by atoms with Crippen molar-refractivity contribution in [2.75, 3.05) is 0 Å². The first kappa shape index (κ1) is 20.9. The topological polar surface area (TPSA) is 63.4 Å². The summed E-state index contributed by atoms with van der Waals surface area (Å²) >= 11 is 0. The zero-order valence-corrected chi connectivity index (χ0v) is 20.2. The second kappa shape index (κ2) is 8.11. The average Bonchev–Trinajstić information content (AvgIpc) is 3.56. The van der Waals surface area contributed by atoms with Crippen LogP contribution in [0.2, 0.25) is 0 Å². The van der Waals surface area contributed by atoms with Crippen LogP contribution in [-0.4, -0.2) is 15.4 Å². The van der Waals surface area contributed by atoms with Gasteiger partial charge < -0.3 is 0 Å². The highest BCUT2D eigenvalue weighted by molar-refractivity contribution is 6.04. The molecule has 0 unspecified atom stereocenters. The van der Waals surface area contributed by atoms with E-state index in [4.69, 9.17) is 9.98 Å². The molecule has 0 saturated carbocycles. The lowest BCUT2D eigenvalue weighted by Crippen LogP contribution is -2.02. The summed E-state index contributed by atoms with van der Waals surface area (Å²) in [7, 11) is 0. The summed E-state index contributed by atoms with van der Waals surface area (Å²) in [5, 5.41) is 16.6. The average molecular weight is 486 g/mol. The molecule has 176 valence electrons. The van der Waals surface area contributed by atoms with Crippen LogP contribution in [0.15, 0.2) is 125 Å². The molecule has 5 aromatic carbocycles.